The second-order valence-electron chi connectivity index (χ2n) is 10.3. The smallest absolute Gasteiger partial charge is 0.226 e. The van der Waals surface area contributed by atoms with Crippen LogP contribution in [0.5, 0.6) is 5.75 Å². The fourth-order valence-corrected chi connectivity index (χ4v) is 5.18. The van der Waals surface area contributed by atoms with Crippen molar-refractivity contribution in [2.24, 2.45) is 5.92 Å². The van der Waals surface area contributed by atoms with Gasteiger partial charge in [0.25, 0.3) is 0 Å². The van der Waals surface area contributed by atoms with Crippen molar-refractivity contribution in [3.63, 3.8) is 0 Å². The molecule has 4 nitrogen and oxygen atoms in total. The first-order chi connectivity index (χ1) is 15.3. The summed E-state index contributed by atoms with van der Waals surface area (Å²) in [6.07, 6.45) is 5.04. The Morgan fingerprint density at radius 3 is 2.47 bits per heavy atom. The van der Waals surface area contributed by atoms with E-state index in [-0.39, 0.29) is 18.1 Å². The number of rotatable bonds is 7. The van der Waals surface area contributed by atoms with Crippen LogP contribution in [0.1, 0.15) is 68.2 Å². The van der Waals surface area contributed by atoms with Crippen molar-refractivity contribution in [1.29, 1.82) is 0 Å². The third-order valence-electron chi connectivity index (χ3n) is 7.13. The largest absolute Gasteiger partial charge is 0.487 e. The van der Waals surface area contributed by atoms with E-state index in [1.807, 2.05) is 17.0 Å². The summed E-state index contributed by atoms with van der Waals surface area (Å²) in [5.74, 6) is 2.26. The van der Waals surface area contributed by atoms with Crippen molar-refractivity contribution in [1.82, 2.24) is 4.90 Å². The van der Waals surface area contributed by atoms with Gasteiger partial charge in [-0.05, 0) is 66.3 Å². The zero-order valence-electron chi connectivity index (χ0n) is 19.8. The number of carbonyl (C=O) groups excluding carboxylic acids is 1. The maximum absolute atomic E-state index is 12.8. The van der Waals surface area contributed by atoms with Gasteiger partial charge in [-0.1, -0.05) is 50.2 Å². The molecule has 1 N–H and O–H groups in total. The molecule has 2 aliphatic rings. The van der Waals surface area contributed by atoms with Gasteiger partial charge in [0.15, 0.2) is 0 Å². The number of hydrogen-bond donors (Lipinski definition) is 1. The third kappa shape index (κ3) is 5.35. The van der Waals surface area contributed by atoms with Crippen molar-refractivity contribution in [2.45, 2.75) is 70.8 Å². The second-order valence-corrected chi connectivity index (χ2v) is 10.3. The van der Waals surface area contributed by atoms with Gasteiger partial charge in [-0.25, -0.2) is 0 Å². The second kappa shape index (κ2) is 9.66. The Bertz CT molecular complexity index is 928. The van der Waals surface area contributed by atoms with E-state index in [0.29, 0.717) is 18.3 Å². The van der Waals surface area contributed by atoms with Crippen molar-refractivity contribution in [3.8, 4) is 5.75 Å². The minimum absolute atomic E-state index is 0.208. The molecule has 1 fully saturated rings. The molecule has 0 spiro atoms. The summed E-state index contributed by atoms with van der Waals surface area (Å²) in [6.45, 7) is 8.49. The number of piperidine rings is 1. The van der Waals surface area contributed by atoms with Gasteiger partial charge in [-0.3, -0.25) is 4.79 Å². The van der Waals surface area contributed by atoms with E-state index >= 15 is 0 Å². The summed E-state index contributed by atoms with van der Waals surface area (Å²) < 4.78 is 6.37. The summed E-state index contributed by atoms with van der Waals surface area (Å²) in [5, 5.41) is 9.12. The number of amides is 1. The Morgan fingerprint density at radius 1 is 1.12 bits per heavy atom. The molecule has 4 rings (SSSR count). The van der Waals surface area contributed by atoms with Crippen molar-refractivity contribution in [2.75, 3.05) is 19.7 Å². The Balaban J connectivity index is 1.35. The third-order valence-corrected chi connectivity index (χ3v) is 7.13. The first-order valence-corrected chi connectivity index (χ1v) is 12.1. The zero-order valence-corrected chi connectivity index (χ0v) is 19.8. The Kier molecular flexibility index (Phi) is 6.90. The lowest BCUT2D eigenvalue weighted by Gasteiger charge is -2.32. The fraction of sp³-hybridized carbons (Fsp3) is 0.536. The van der Waals surface area contributed by atoms with E-state index in [1.54, 1.807) is 0 Å². The average molecular weight is 436 g/mol. The lowest BCUT2D eigenvalue weighted by atomic mass is 9.90. The molecule has 172 valence electrons. The quantitative estimate of drug-likeness (QED) is 0.672. The molecular weight excluding hydrogens is 398 g/mol. The summed E-state index contributed by atoms with van der Waals surface area (Å²) in [6, 6.07) is 15.1. The van der Waals surface area contributed by atoms with Gasteiger partial charge in [0.1, 0.15) is 11.4 Å². The molecule has 2 aliphatic heterocycles. The first-order valence-electron chi connectivity index (χ1n) is 12.1. The molecule has 1 saturated heterocycles. The molecule has 0 radical (unpaired) electrons. The minimum atomic E-state index is -0.251. The van der Waals surface area contributed by atoms with Crippen molar-refractivity contribution < 1.29 is 14.6 Å². The van der Waals surface area contributed by atoms with E-state index < -0.39 is 0 Å². The van der Waals surface area contributed by atoms with E-state index in [2.05, 4.69) is 51.1 Å². The molecule has 2 aromatic rings. The molecule has 4 heteroatoms. The number of aliphatic hydroxyl groups is 1. The van der Waals surface area contributed by atoms with Crippen LogP contribution in [-0.2, 0) is 24.1 Å². The predicted octanol–water partition coefficient (Wildman–Crippen LogP) is 4.91. The molecule has 0 aliphatic carbocycles. The summed E-state index contributed by atoms with van der Waals surface area (Å²) >= 11 is 0. The topological polar surface area (TPSA) is 49.8 Å². The number of carbonyl (C=O) groups is 1. The van der Waals surface area contributed by atoms with E-state index in [1.165, 1.54) is 16.7 Å². The number of fused-ring (bicyclic) bond motifs is 1. The van der Waals surface area contributed by atoms with Gasteiger partial charge < -0.3 is 14.7 Å². The van der Waals surface area contributed by atoms with Crippen LogP contribution in [0.3, 0.4) is 0 Å². The molecule has 32 heavy (non-hydrogen) atoms. The zero-order chi connectivity index (χ0) is 22.7. The van der Waals surface area contributed by atoms with E-state index in [0.717, 1.165) is 56.5 Å². The Morgan fingerprint density at radius 2 is 1.81 bits per heavy atom. The SMILES string of the molecule is CC(C)c1ccc(CC2(C)Cc3cc(CC(=O)N4CCC(CCO)CC4)ccc3O2)cc1. The summed E-state index contributed by atoms with van der Waals surface area (Å²) in [5.41, 5.74) is 4.68. The van der Waals surface area contributed by atoms with Gasteiger partial charge in [-0.2, -0.15) is 0 Å². The monoisotopic (exact) mass is 435 g/mol. The molecule has 2 aromatic carbocycles. The van der Waals surface area contributed by atoms with Gasteiger partial charge in [0, 0.05) is 32.5 Å². The van der Waals surface area contributed by atoms with Gasteiger partial charge in [0.2, 0.25) is 5.91 Å². The molecule has 1 unspecified atom stereocenters. The number of ether oxygens (including phenoxy) is 1. The summed E-state index contributed by atoms with van der Waals surface area (Å²) in [7, 11) is 0. The van der Waals surface area contributed by atoms with Crippen LogP contribution in [0.2, 0.25) is 0 Å². The fourth-order valence-electron chi connectivity index (χ4n) is 5.18. The molecule has 0 saturated carbocycles. The van der Waals surface area contributed by atoms with Gasteiger partial charge in [-0.15, -0.1) is 0 Å². The highest BCUT2D eigenvalue weighted by molar-refractivity contribution is 5.79. The van der Waals surface area contributed by atoms with Crippen molar-refractivity contribution >= 4 is 5.91 Å². The molecule has 1 amide bonds. The molecule has 0 bridgehead atoms. The van der Waals surface area contributed by atoms with Crippen molar-refractivity contribution in [3.05, 3.63) is 64.7 Å². The standard InChI is InChI=1S/C28H37NO3/c1-20(2)24-7-4-22(5-8-24)18-28(3)19-25-16-23(6-9-26(25)32-28)17-27(31)29-13-10-21(11-14-29)12-15-30/h4-9,16,20-21,30H,10-15,17-19H2,1-3H3. The number of benzene rings is 2. The van der Waals surface area contributed by atoms with Crippen LogP contribution < -0.4 is 4.74 Å². The lowest BCUT2D eigenvalue weighted by molar-refractivity contribution is -0.131. The summed E-state index contributed by atoms with van der Waals surface area (Å²) in [4.78, 5) is 14.8. The van der Waals surface area contributed by atoms with Crippen LogP contribution in [0.25, 0.3) is 0 Å². The normalized spacial score (nSPS) is 21.0. The minimum Gasteiger partial charge on any atom is -0.487 e. The number of likely N-dealkylation sites (tertiary alicyclic amines) is 1. The molecule has 2 heterocycles. The van der Waals surface area contributed by atoms with Gasteiger partial charge in [0.05, 0.1) is 6.42 Å². The van der Waals surface area contributed by atoms with Crippen LogP contribution in [0.4, 0.5) is 0 Å². The predicted molar refractivity (Wildman–Crippen MR) is 128 cm³/mol. The number of aliphatic hydroxyl groups excluding tert-OH is 1. The van der Waals surface area contributed by atoms with Crippen LogP contribution in [0, 0.1) is 5.92 Å². The van der Waals surface area contributed by atoms with Crippen LogP contribution >= 0.6 is 0 Å². The average Bonchev–Trinajstić information content (AvgIpc) is 3.09. The highest BCUT2D eigenvalue weighted by atomic mass is 16.5. The highest BCUT2D eigenvalue weighted by Gasteiger charge is 2.35. The Hall–Kier alpha value is -2.33. The maximum atomic E-state index is 12.8. The van der Waals surface area contributed by atoms with E-state index in [9.17, 15) is 4.79 Å². The number of hydrogen-bond acceptors (Lipinski definition) is 3. The first kappa shape index (κ1) is 22.8. The maximum Gasteiger partial charge on any atom is 0.226 e. The lowest BCUT2D eigenvalue weighted by Crippen LogP contribution is -2.39. The van der Waals surface area contributed by atoms with Crippen LogP contribution in [0.15, 0.2) is 42.5 Å². The molecule has 1 atom stereocenters. The highest BCUT2D eigenvalue weighted by Crippen LogP contribution is 2.38. The molecule has 0 aromatic heterocycles. The number of nitrogens with zero attached hydrogens (tertiary/aromatic N) is 1. The van der Waals surface area contributed by atoms with Crippen LogP contribution in [-0.4, -0.2) is 41.2 Å². The molecular formula is C28H37NO3. The van der Waals surface area contributed by atoms with Gasteiger partial charge >= 0.3 is 0 Å². The Labute approximate surface area is 192 Å². The van der Waals surface area contributed by atoms with E-state index in [4.69, 9.17) is 9.84 Å².